The lowest BCUT2D eigenvalue weighted by molar-refractivity contribution is 0.205. The molecular formula is C17H17N3O3S. The zero-order valence-electron chi connectivity index (χ0n) is 13.3. The van der Waals surface area contributed by atoms with E-state index < -0.39 is 10.1 Å². The molecule has 1 heterocycles. The SMILES string of the molecule is Cc1ccc(S(=O)(=O)ON/N=c2\ccn(C)c3ccccc23)cc1. The van der Waals surface area contributed by atoms with E-state index in [0.717, 1.165) is 16.5 Å². The van der Waals surface area contributed by atoms with Crippen molar-refractivity contribution in [2.45, 2.75) is 11.8 Å². The molecule has 124 valence electrons. The molecule has 0 spiro atoms. The molecule has 0 saturated carbocycles. The summed E-state index contributed by atoms with van der Waals surface area (Å²) < 4.78 is 30.9. The van der Waals surface area contributed by atoms with Crippen molar-refractivity contribution in [3.63, 3.8) is 0 Å². The molecule has 2 aromatic carbocycles. The lowest BCUT2D eigenvalue weighted by Gasteiger charge is -2.06. The number of rotatable bonds is 4. The Labute approximate surface area is 140 Å². The van der Waals surface area contributed by atoms with Crippen LogP contribution in [-0.4, -0.2) is 13.0 Å². The van der Waals surface area contributed by atoms with Crippen LogP contribution >= 0.6 is 0 Å². The van der Waals surface area contributed by atoms with Crippen molar-refractivity contribution in [3.8, 4) is 0 Å². The molecule has 24 heavy (non-hydrogen) atoms. The molecule has 0 fully saturated rings. The van der Waals surface area contributed by atoms with Gasteiger partial charge in [0.1, 0.15) is 0 Å². The van der Waals surface area contributed by atoms with E-state index in [9.17, 15) is 8.42 Å². The number of hydrogen-bond acceptors (Lipinski definition) is 5. The van der Waals surface area contributed by atoms with E-state index in [0.29, 0.717) is 5.36 Å². The first-order valence-electron chi connectivity index (χ1n) is 7.31. The third-order valence-electron chi connectivity index (χ3n) is 3.64. The molecule has 0 aliphatic carbocycles. The number of nitrogens with one attached hydrogen (secondary N) is 1. The van der Waals surface area contributed by atoms with E-state index in [4.69, 9.17) is 4.28 Å². The van der Waals surface area contributed by atoms with Crippen molar-refractivity contribution in [3.05, 3.63) is 71.7 Å². The molecular weight excluding hydrogens is 326 g/mol. The maximum absolute atomic E-state index is 12.1. The summed E-state index contributed by atoms with van der Waals surface area (Å²) in [5.41, 5.74) is 4.14. The van der Waals surface area contributed by atoms with Gasteiger partial charge < -0.3 is 4.57 Å². The van der Waals surface area contributed by atoms with E-state index in [2.05, 4.69) is 10.7 Å². The summed E-state index contributed by atoms with van der Waals surface area (Å²) in [6.45, 7) is 1.88. The van der Waals surface area contributed by atoms with Crippen molar-refractivity contribution in [1.29, 1.82) is 0 Å². The number of hydrogen-bond donors (Lipinski definition) is 1. The zero-order valence-corrected chi connectivity index (χ0v) is 14.1. The summed E-state index contributed by atoms with van der Waals surface area (Å²) in [6.07, 6.45) is 1.84. The first kappa shape index (κ1) is 16.2. The number of aromatic nitrogens is 1. The highest BCUT2D eigenvalue weighted by Crippen LogP contribution is 2.12. The van der Waals surface area contributed by atoms with Crippen LogP contribution in [0.4, 0.5) is 0 Å². The van der Waals surface area contributed by atoms with Crippen molar-refractivity contribution < 1.29 is 12.7 Å². The van der Waals surface area contributed by atoms with E-state index in [-0.39, 0.29) is 4.90 Å². The molecule has 0 saturated heterocycles. The minimum Gasteiger partial charge on any atom is -0.350 e. The van der Waals surface area contributed by atoms with Crippen LogP contribution in [0, 0.1) is 6.92 Å². The summed E-state index contributed by atoms with van der Waals surface area (Å²) in [7, 11) is -1.99. The number of aryl methyl sites for hydroxylation is 2. The minimum absolute atomic E-state index is 0.0696. The molecule has 0 aliphatic rings. The van der Waals surface area contributed by atoms with Crippen LogP contribution in [0.2, 0.25) is 0 Å². The smallest absolute Gasteiger partial charge is 0.318 e. The number of benzene rings is 2. The van der Waals surface area contributed by atoms with Gasteiger partial charge in [0.05, 0.1) is 10.3 Å². The van der Waals surface area contributed by atoms with Crippen molar-refractivity contribution in [2.24, 2.45) is 12.1 Å². The predicted molar refractivity (Wildman–Crippen MR) is 91.1 cm³/mol. The van der Waals surface area contributed by atoms with Gasteiger partial charge in [0.2, 0.25) is 0 Å². The second-order valence-corrected chi connectivity index (χ2v) is 6.93. The molecule has 3 aromatic rings. The van der Waals surface area contributed by atoms with Crippen LogP contribution in [0.15, 0.2) is 70.8 Å². The van der Waals surface area contributed by atoms with Crippen LogP contribution in [-0.2, 0) is 21.4 Å². The van der Waals surface area contributed by atoms with Gasteiger partial charge in [0.15, 0.2) is 0 Å². The van der Waals surface area contributed by atoms with Gasteiger partial charge in [-0.25, -0.2) is 0 Å². The third kappa shape index (κ3) is 3.32. The highest BCUT2D eigenvalue weighted by atomic mass is 32.2. The molecule has 6 nitrogen and oxygen atoms in total. The summed E-state index contributed by atoms with van der Waals surface area (Å²) in [4.78, 5) is 0.0696. The lowest BCUT2D eigenvalue weighted by Crippen LogP contribution is -2.19. The van der Waals surface area contributed by atoms with Gasteiger partial charge in [-0.15, -0.1) is 4.28 Å². The van der Waals surface area contributed by atoms with Crippen LogP contribution in [0.3, 0.4) is 0 Å². The van der Waals surface area contributed by atoms with Gasteiger partial charge in [-0.1, -0.05) is 35.9 Å². The van der Waals surface area contributed by atoms with Crippen molar-refractivity contribution in [2.75, 3.05) is 0 Å². The fourth-order valence-corrected chi connectivity index (χ4v) is 3.02. The maximum atomic E-state index is 12.1. The first-order valence-corrected chi connectivity index (χ1v) is 8.71. The molecule has 0 atom stereocenters. The molecule has 0 radical (unpaired) electrons. The molecule has 0 unspecified atom stereocenters. The molecule has 1 aromatic heterocycles. The van der Waals surface area contributed by atoms with Gasteiger partial charge in [0, 0.05) is 24.1 Å². The van der Waals surface area contributed by atoms with E-state index >= 15 is 0 Å². The van der Waals surface area contributed by atoms with Gasteiger partial charge in [-0.3, -0.25) is 0 Å². The Morgan fingerprint density at radius 1 is 1.04 bits per heavy atom. The highest BCUT2D eigenvalue weighted by molar-refractivity contribution is 7.86. The second-order valence-electron chi connectivity index (χ2n) is 5.38. The maximum Gasteiger partial charge on any atom is 0.318 e. The molecule has 7 heteroatoms. The van der Waals surface area contributed by atoms with Crippen LogP contribution < -0.4 is 10.9 Å². The van der Waals surface area contributed by atoms with Crippen molar-refractivity contribution in [1.82, 2.24) is 10.2 Å². The Balaban J connectivity index is 1.87. The average molecular weight is 343 g/mol. The van der Waals surface area contributed by atoms with Crippen LogP contribution in [0.1, 0.15) is 5.56 Å². The highest BCUT2D eigenvalue weighted by Gasteiger charge is 2.14. The van der Waals surface area contributed by atoms with Gasteiger partial charge >= 0.3 is 10.1 Å². The first-order chi connectivity index (χ1) is 11.5. The Bertz CT molecular complexity index is 1040. The zero-order chi connectivity index (χ0) is 17.2. The Morgan fingerprint density at radius 2 is 1.75 bits per heavy atom. The number of fused-ring (bicyclic) bond motifs is 1. The lowest BCUT2D eigenvalue weighted by atomic mass is 10.2. The van der Waals surface area contributed by atoms with Crippen molar-refractivity contribution >= 4 is 21.0 Å². The molecule has 3 rings (SSSR count). The summed E-state index contributed by atoms with van der Waals surface area (Å²) in [5, 5.41) is 5.51. The molecule has 0 bridgehead atoms. The van der Waals surface area contributed by atoms with Gasteiger partial charge in [-0.2, -0.15) is 19.1 Å². The van der Waals surface area contributed by atoms with Crippen LogP contribution in [0.25, 0.3) is 10.9 Å². The minimum atomic E-state index is -3.92. The second kappa shape index (κ2) is 6.46. The quantitative estimate of drug-likeness (QED) is 0.737. The fourth-order valence-electron chi connectivity index (χ4n) is 2.32. The van der Waals surface area contributed by atoms with Crippen LogP contribution in [0.5, 0.6) is 0 Å². The summed E-state index contributed by atoms with van der Waals surface area (Å²) in [6, 6.07) is 15.9. The summed E-state index contributed by atoms with van der Waals surface area (Å²) in [5.74, 6) is 0. The molecule has 0 amide bonds. The molecule has 0 aliphatic heterocycles. The number of pyridine rings is 1. The predicted octanol–water partition coefficient (Wildman–Crippen LogP) is 2.21. The Hall–Kier alpha value is -2.64. The van der Waals surface area contributed by atoms with E-state index in [1.54, 1.807) is 18.2 Å². The van der Waals surface area contributed by atoms with Gasteiger partial charge in [-0.05, 0) is 31.2 Å². The normalized spacial score (nSPS) is 12.5. The standard InChI is InChI=1S/C17H17N3O3S/c1-13-7-9-14(10-8-13)24(21,22)23-19-18-16-11-12-20(2)17-6-4-3-5-15(16)17/h3-12,19H,1-2H3/b18-16+. The summed E-state index contributed by atoms with van der Waals surface area (Å²) >= 11 is 0. The fraction of sp³-hybridized carbons (Fsp3) is 0.118. The Kier molecular flexibility index (Phi) is 4.37. The largest absolute Gasteiger partial charge is 0.350 e. The monoisotopic (exact) mass is 343 g/mol. The molecule has 1 N–H and O–H groups in total. The topological polar surface area (TPSA) is 72.7 Å². The van der Waals surface area contributed by atoms with E-state index in [1.807, 2.05) is 49.0 Å². The number of para-hydroxylation sites is 1. The Morgan fingerprint density at radius 3 is 2.50 bits per heavy atom. The average Bonchev–Trinajstić information content (AvgIpc) is 2.57. The van der Waals surface area contributed by atoms with Gasteiger partial charge in [0.25, 0.3) is 0 Å². The number of nitrogens with zero attached hydrogens (tertiary/aromatic N) is 2. The third-order valence-corrected chi connectivity index (χ3v) is 4.78. The van der Waals surface area contributed by atoms with E-state index in [1.165, 1.54) is 12.1 Å².